The summed E-state index contributed by atoms with van der Waals surface area (Å²) in [6, 6.07) is 7.55. The average molecular weight is 273 g/mol. The molecule has 1 saturated carbocycles. The molecule has 106 valence electrons. The Hall–Kier alpha value is -1.60. The minimum atomic E-state index is -0.325. The fraction of sp³-hybridized carbons (Fsp3) is 0.562. The third-order valence-electron chi connectivity index (χ3n) is 4.62. The lowest BCUT2D eigenvalue weighted by Crippen LogP contribution is -2.38. The summed E-state index contributed by atoms with van der Waals surface area (Å²) < 4.78 is 14.0. The molecule has 3 rings (SSSR count). The van der Waals surface area contributed by atoms with Gasteiger partial charge in [0.15, 0.2) is 0 Å². The van der Waals surface area contributed by atoms with Gasteiger partial charge in [0.05, 0.1) is 17.3 Å². The lowest BCUT2D eigenvalue weighted by molar-refractivity contribution is 0.375. The van der Waals surface area contributed by atoms with Crippen LogP contribution in [0.3, 0.4) is 0 Å². The first-order valence-corrected chi connectivity index (χ1v) is 7.47. The molecule has 0 bridgehead atoms. The molecule has 4 heteroatoms. The SMILES string of the molecule is N#Cc1ccc(NC2CCCC2C2CCCN2)c(F)c1. The van der Waals surface area contributed by atoms with Crippen molar-refractivity contribution in [1.82, 2.24) is 5.32 Å². The number of anilines is 1. The van der Waals surface area contributed by atoms with E-state index in [9.17, 15) is 4.39 Å². The second-order valence-corrected chi connectivity index (χ2v) is 5.85. The normalized spacial score (nSPS) is 29.3. The Bertz CT molecular complexity index is 517. The van der Waals surface area contributed by atoms with Crippen LogP contribution in [0.5, 0.6) is 0 Å². The van der Waals surface area contributed by atoms with Crippen molar-refractivity contribution in [2.75, 3.05) is 11.9 Å². The van der Waals surface area contributed by atoms with E-state index in [1.165, 1.54) is 31.7 Å². The highest BCUT2D eigenvalue weighted by molar-refractivity contribution is 5.49. The van der Waals surface area contributed by atoms with Gasteiger partial charge in [0.1, 0.15) is 5.82 Å². The van der Waals surface area contributed by atoms with Crippen LogP contribution in [0.25, 0.3) is 0 Å². The van der Waals surface area contributed by atoms with E-state index in [1.807, 2.05) is 6.07 Å². The number of benzene rings is 1. The second kappa shape index (κ2) is 5.80. The molecule has 1 heterocycles. The minimum absolute atomic E-state index is 0.325. The number of hydrogen-bond acceptors (Lipinski definition) is 3. The third-order valence-corrected chi connectivity index (χ3v) is 4.62. The maximum atomic E-state index is 14.0. The summed E-state index contributed by atoms with van der Waals surface area (Å²) in [5.74, 6) is 0.265. The molecule has 2 aliphatic rings. The van der Waals surface area contributed by atoms with Crippen molar-refractivity contribution in [3.8, 4) is 6.07 Å². The lowest BCUT2D eigenvalue weighted by atomic mass is 9.93. The van der Waals surface area contributed by atoms with Gasteiger partial charge in [0.25, 0.3) is 0 Å². The number of rotatable bonds is 3. The molecule has 3 unspecified atom stereocenters. The standard InChI is InChI=1S/C16H20FN3/c17-13-9-11(10-18)6-7-16(13)20-15-4-1-3-12(15)14-5-2-8-19-14/h6-7,9,12,14-15,19-20H,1-5,8H2. The summed E-state index contributed by atoms with van der Waals surface area (Å²) in [4.78, 5) is 0. The first-order valence-electron chi connectivity index (χ1n) is 7.47. The fourth-order valence-electron chi connectivity index (χ4n) is 3.63. The molecule has 0 spiro atoms. The molecule has 3 nitrogen and oxygen atoms in total. The van der Waals surface area contributed by atoms with E-state index >= 15 is 0 Å². The number of nitrogens with zero attached hydrogens (tertiary/aromatic N) is 1. The van der Waals surface area contributed by atoms with Crippen molar-refractivity contribution in [2.24, 2.45) is 5.92 Å². The monoisotopic (exact) mass is 273 g/mol. The fourth-order valence-corrected chi connectivity index (χ4v) is 3.63. The van der Waals surface area contributed by atoms with E-state index in [4.69, 9.17) is 5.26 Å². The Labute approximate surface area is 119 Å². The van der Waals surface area contributed by atoms with Gasteiger partial charge in [-0.3, -0.25) is 0 Å². The molecule has 0 radical (unpaired) electrons. The van der Waals surface area contributed by atoms with Gasteiger partial charge < -0.3 is 10.6 Å². The van der Waals surface area contributed by atoms with E-state index in [1.54, 1.807) is 12.1 Å². The third kappa shape index (κ3) is 2.64. The maximum absolute atomic E-state index is 14.0. The van der Waals surface area contributed by atoms with Crippen LogP contribution in [0.2, 0.25) is 0 Å². The van der Waals surface area contributed by atoms with Gasteiger partial charge in [-0.1, -0.05) is 6.42 Å². The summed E-state index contributed by atoms with van der Waals surface area (Å²) in [5, 5.41) is 15.7. The van der Waals surface area contributed by atoms with E-state index in [2.05, 4.69) is 10.6 Å². The zero-order valence-electron chi connectivity index (χ0n) is 11.5. The van der Waals surface area contributed by atoms with Crippen molar-refractivity contribution in [3.05, 3.63) is 29.6 Å². The number of halogens is 1. The first-order chi connectivity index (χ1) is 9.78. The molecular formula is C16H20FN3. The Morgan fingerprint density at radius 3 is 2.85 bits per heavy atom. The van der Waals surface area contributed by atoms with Gasteiger partial charge in [0, 0.05) is 12.1 Å². The maximum Gasteiger partial charge on any atom is 0.147 e. The largest absolute Gasteiger partial charge is 0.380 e. The van der Waals surface area contributed by atoms with E-state index in [-0.39, 0.29) is 5.82 Å². The topological polar surface area (TPSA) is 47.9 Å². The Morgan fingerprint density at radius 1 is 1.25 bits per heavy atom. The summed E-state index contributed by atoms with van der Waals surface area (Å²) in [6.45, 7) is 1.11. The van der Waals surface area contributed by atoms with Crippen LogP contribution >= 0.6 is 0 Å². The lowest BCUT2D eigenvalue weighted by Gasteiger charge is -2.27. The quantitative estimate of drug-likeness (QED) is 0.890. The smallest absolute Gasteiger partial charge is 0.147 e. The van der Waals surface area contributed by atoms with E-state index in [0.29, 0.717) is 29.3 Å². The van der Waals surface area contributed by atoms with Crippen molar-refractivity contribution < 1.29 is 4.39 Å². The summed E-state index contributed by atoms with van der Waals surface area (Å²) in [5.41, 5.74) is 0.896. The molecule has 1 saturated heterocycles. The Kier molecular flexibility index (Phi) is 3.88. The van der Waals surface area contributed by atoms with Crippen molar-refractivity contribution in [2.45, 2.75) is 44.2 Å². The summed E-state index contributed by atoms with van der Waals surface area (Å²) in [6.07, 6.45) is 6.01. The van der Waals surface area contributed by atoms with Crippen LogP contribution in [-0.4, -0.2) is 18.6 Å². The van der Waals surface area contributed by atoms with E-state index in [0.717, 1.165) is 13.0 Å². The van der Waals surface area contributed by atoms with Crippen molar-refractivity contribution in [1.29, 1.82) is 5.26 Å². The second-order valence-electron chi connectivity index (χ2n) is 5.85. The van der Waals surface area contributed by atoms with Crippen LogP contribution in [0.4, 0.5) is 10.1 Å². The molecule has 3 atom stereocenters. The predicted molar refractivity (Wildman–Crippen MR) is 76.9 cm³/mol. The number of nitrogens with one attached hydrogen (secondary N) is 2. The molecule has 1 aromatic carbocycles. The van der Waals surface area contributed by atoms with Crippen LogP contribution in [0.15, 0.2) is 18.2 Å². The minimum Gasteiger partial charge on any atom is -0.380 e. The zero-order chi connectivity index (χ0) is 13.9. The molecular weight excluding hydrogens is 253 g/mol. The summed E-state index contributed by atoms with van der Waals surface area (Å²) in [7, 11) is 0. The highest BCUT2D eigenvalue weighted by atomic mass is 19.1. The van der Waals surface area contributed by atoms with E-state index < -0.39 is 0 Å². The van der Waals surface area contributed by atoms with Crippen LogP contribution < -0.4 is 10.6 Å². The molecule has 20 heavy (non-hydrogen) atoms. The van der Waals surface area contributed by atoms with Gasteiger partial charge in [-0.2, -0.15) is 5.26 Å². The van der Waals surface area contributed by atoms with Crippen LogP contribution in [-0.2, 0) is 0 Å². The van der Waals surface area contributed by atoms with Crippen molar-refractivity contribution >= 4 is 5.69 Å². The van der Waals surface area contributed by atoms with Crippen molar-refractivity contribution in [3.63, 3.8) is 0 Å². The molecule has 2 fully saturated rings. The van der Waals surface area contributed by atoms with Gasteiger partial charge in [-0.25, -0.2) is 4.39 Å². The van der Waals surface area contributed by atoms with Gasteiger partial charge >= 0.3 is 0 Å². The molecule has 0 aromatic heterocycles. The highest BCUT2D eigenvalue weighted by Gasteiger charge is 2.35. The summed E-state index contributed by atoms with van der Waals surface area (Å²) >= 11 is 0. The molecule has 1 aliphatic carbocycles. The molecule has 1 aliphatic heterocycles. The van der Waals surface area contributed by atoms with Crippen LogP contribution in [0.1, 0.15) is 37.7 Å². The van der Waals surface area contributed by atoms with Gasteiger partial charge in [-0.05, 0) is 56.3 Å². The highest BCUT2D eigenvalue weighted by Crippen LogP contribution is 2.34. The first kappa shape index (κ1) is 13.4. The molecule has 0 amide bonds. The average Bonchev–Trinajstić information content (AvgIpc) is 3.11. The molecule has 1 aromatic rings. The van der Waals surface area contributed by atoms with Crippen LogP contribution in [0, 0.1) is 23.1 Å². The Morgan fingerprint density at radius 2 is 2.15 bits per heavy atom. The predicted octanol–water partition coefficient (Wildman–Crippen LogP) is 3.03. The number of nitriles is 1. The Balaban J connectivity index is 1.71. The van der Waals surface area contributed by atoms with Gasteiger partial charge in [-0.15, -0.1) is 0 Å². The zero-order valence-corrected chi connectivity index (χ0v) is 11.5. The number of hydrogen-bond donors (Lipinski definition) is 2. The van der Waals surface area contributed by atoms with Gasteiger partial charge in [0.2, 0.25) is 0 Å². The molecule has 2 N–H and O–H groups in total.